The molecule has 2 aromatic rings. The van der Waals surface area contributed by atoms with E-state index in [-0.39, 0.29) is 0 Å². The fraction of sp³-hybridized carbons (Fsp3) is 0. The third-order valence-electron chi connectivity index (χ3n) is 1.56. The normalized spacial score (nSPS) is 10.5. The summed E-state index contributed by atoms with van der Waals surface area (Å²) in [6.45, 7) is 0. The Morgan fingerprint density at radius 2 is 2.14 bits per heavy atom. The Morgan fingerprint density at radius 3 is 2.79 bits per heavy atom. The van der Waals surface area contributed by atoms with Gasteiger partial charge in [0.25, 0.3) is 0 Å². The van der Waals surface area contributed by atoms with Crippen molar-refractivity contribution < 1.29 is 0 Å². The third-order valence-corrected chi connectivity index (χ3v) is 3.97. The van der Waals surface area contributed by atoms with E-state index >= 15 is 0 Å². The molecule has 0 fully saturated rings. The minimum absolute atomic E-state index is 0.464. The molecule has 72 valence electrons. The van der Waals surface area contributed by atoms with Gasteiger partial charge in [-0.3, -0.25) is 0 Å². The minimum atomic E-state index is 0.464. The standard InChI is InChI=1S/C8H3BrClIN2S/c9-6-2-1-4(11)3-5(6)7-12-13-8(10)14-7/h1-3H. The summed E-state index contributed by atoms with van der Waals surface area (Å²) in [4.78, 5) is 0. The monoisotopic (exact) mass is 400 g/mol. The molecule has 0 radical (unpaired) electrons. The molecule has 14 heavy (non-hydrogen) atoms. The van der Waals surface area contributed by atoms with Crippen LogP contribution in [-0.2, 0) is 0 Å². The van der Waals surface area contributed by atoms with E-state index in [9.17, 15) is 0 Å². The van der Waals surface area contributed by atoms with E-state index in [1.54, 1.807) is 0 Å². The molecule has 0 aliphatic rings. The maximum absolute atomic E-state index is 5.73. The highest BCUT2D eigenvalue weighted by molar-refractivity contribution is 14.1. The topological polar surface area (TPSA) is 25.8 Å². The Labute approximate surface area is 112 Å². The molecule has 2 rings (SSSR count). The molecule has 1 aromatic carbocycles. The number of rotatable bonds is 1. The van der Waals surface area contributed by atoms with Crippen molar-refractivity contribution in [3.05, 3.63) is 30.7 Å². The lowest BCUT2D eigenvalue weighted by molar-refractivity contribution is 1.09. The van der Waals surface area contributed by atoms with Gasteiger partial charge in [-0.15, -0.1) is 10.2 Å². The van der Waals surface area contributed by atoms with Crippen molar-refractivity contribution in [2.45, 2.75) is 0 Å². The van der Waals surface area contributed by atoms with Crippen LogP contribution in [0.15, 0.2) is 22.7 Å². The van der Waals surface area contributed by atoms with E-state index in [0.717, 1.165) is 18.6 Å². The highest BCUT2D eigenvalue weighted by Gasteiger charge is 2.08. The predicted molar refractivity (Wildman–Crippen MR) is 70.8 cm³/mol. The molecule has 0 spiro atoms. The van der Waals surface area contributed by atoms with Gasteiger partial charge in [-0.25, -0.2) is 0 Å². The maximum Gasteiger partial charge on any atom is 0.207 e. The Kier molecular flexibility index (Phi) is 3.41. The molecule has 0 N–H and O–H groups in total. The SMILES string of the molecule is Clc1nnc(-c2cc(I)ccc2Br)s1. The van der Waals surface area contributed by atoms with Crippen molar-refractivity contribution >= 4 is 61.5 Å². The summed E-state index contributed by atoms with van der Waals surface area (Å²) in [5, 5.41) is 8.60. The molecule has 0 unspecified atom stereocenters. The van der Waals surface area contributed by atoms with Crippen molar-refractivity contribution in [3.63, 3.8) is 0 Å². The van der Waals surface area contributed by atoms with Crippen LogP contribution in [0.4, 0.5) is 0 Å². The highest BCUT2D eigenvalue weighted by Crippen LogP contribution is 2.32. The van der Waals surface area contributed by atoms with Crippen LogP contribution in [0.2, 0.25) is 4.47 Å². The first-order chi connectivity index (χ1) is 6.66. The zero-order valence-electron chi connectivity index (χ0n) is 6.67. The molecule has 1 aromatic heterocycles. The average Bonchev–Trinajstić information content (AvgIpc) is 2.56. The molecule has 0 saturated carbocycles. The quantitative estimate of drug-likeness (QED) is 0.669. The molecular weight excluding hydrogens is 398 g/mol. The van der Waals surface area contributed by atoms with E-state index in [2.05, 4.69) is 48.7 Å². The molecule has 1 heterocycles. The van der Waals surface area contributed by atoms with Crippen LogP contribution in [0.25, 0.3) is 10.6 Å². The van der Waals surface area contributed by atoms with Gasteiger partial charge in [0.05, 0.1) is 0 Å². The summed E-state index contributed by atoms with van der Waals surface area (Å²) in [6.07, 6.45) is 0. The number of hydrogen-bond donors (Lipinski definition) is 0. The van der Waals surface area contributed by atoms with Gasteiger partial charge < -0.3 is 0 Å². The van der Waals surface area contributed by atoms with Crippen molar-refractivity contribution in [2.75, 3.05) is 0 Å². The Bertz CT molecular complexity index is 474. The van der Waals surface area contributed by atoms with Crippen LogP contribution in [0.5, 0.6) is 0 Å². The average molecular weight is 401 g/mol. The second-order valence-electron chi connectivity index (χ2n) is 2.48. The minimum Gasteiger partial charge on any atom is -0.137 e. The van der Waals surface area contributed by atoms with Gasteiger partial charge in [0.15, 0.2) is 0 Å². The fourth-order valence-corrected chi connectivity index (χ4v) is 2.89. The van der Waals surface area contributed by atoms with Gasteiger partial charge in [-0.05, 0) is 52.4 Å². The first kappa shape index (κ1) is 10.8. The van der Waals surface area contributed by atoms with Gasteiger partial charge in [-0.2, -0.15) is 0 Å². The third kappa shape index (κ3) is 2.26. The number of hydrogen-bond acceptors (Lipinski definition) is 3. The van der Waals surface area contributed by atoms with Gasteiger partial charge >= 0.3 is 0 Å². The summed E-state index contributed by atoms with van der Waals surface area (Å²) in [5.74, 6) is 0. The van der Waals surface area contributed by atoms with Crippen LogP contribution in [0, 0.1) is 3.57 Å². The molecule has 0 amide bonds. The molecule has 2 nitrogen and oxygen atoms in total. The summed E-state index contributed by atoms with van der Waals surface area (Å²) in [5.41, 5.74) is 1.03. The van der Waals surface area contributed by atoms with E-state index in [0.29, 0.717) is 4.47 Å². The molecule has 0 atom stereocenters. The van der Waals surface area contributed by atoms with E-state index in [4.69, 9.17) is 11.6 Å². The lowest BCUT2D eigenvalue weighted by Gasteiger charge is -1.99. The Hall–Kier alpha value is 0.280. The fourth-order valence-electron chi connectivity index (χ4n) is 0.976. The molecule has 0 bridgehead atoms. The van der Waals surface area contributed by atoms with E-state index in [1.165, 1.54) is 11.3 Å². The Balaban J connectivity index is 2.55. The molecule has 0 aliphatic carbocycles. The van der Waals surface area contributed by atoms with Crippen LogP contribution in [0.3, 0.4) is 0 Å². The molecular formula is C8H3BrClIN2S. The van der Waals surface area contributed by atoms with Crippen LogP contribution in [-0.4, -0.2) is 10.2 Å². The molecule has 0 aliphatic heterocycles. The maximum atomic E-state index is 5.73. The summed E-state index contributed by atoms with van der Waals surface area (Å²) < 4.78 is 2.63. The summed E-state index contributed by atoms with van der Waals surface area (Å²) >= 11 is 12.8. The number of halogens is 3. The van der Waals surface area contributed by atoms with Gasteiger partial charge in [0.1, 0.15) is 5.01 Å². The lowest BCUT2D eigenvalue weighted by Crippen LogP contribution is -1.80. The zero-order valence-corrected chi connectivity index (χ0v) is 12.0. The first-order valence-corrected chi connectivity index (χ1v) is 6.68. The second-order valence-corrected chi connectivity index (χ2v) is 6.14. The number of aromatic nitrogens is 2. The highest BCUT2D eigenvalue weighted by atomic mass is 127. The Morgan fingerprint density at radius 1 is 1.36 bits per heavy atom. The first-order valence-electron chi connectivity index (χ1n) is 3.61. The molecule has 0 saturated heterocycles. The smallest absolute Gasteiger partial charge is 0.137 e. The zero-order chi connectivity index (χ0) is 10.1. The van der Waals surface area contributed by atoms with E-state index < -0.39 is 0 Å². The van der Waals surface area contributed by atoms with Gasteiger partial charge in [-0.1, -0.05) is 27.3 Å². The number of benzene rings is 1. The number of nitrogens with zero attached hydrogens (tertiary/aromatic N) is 2. The second kappa shape index (κ2) is 4.42. The van der Waals surface area contributed by atoms with Crippen LogP contribution >= 0.6 is 61.5 Å². The van der Waals surface area contributed by atoms with Crippen LogP contribution < -0.4 is 0 Å². The molecule has 6 heteroatoms. The summed E-state index contributed by atoms with van der Waals surface area (Å²) in [7, 11) is 0. The lowest BCUT2D eigenvalue weighted by atomic mass is 10.2. The largest absolute Gasteiger partial charge is 0.207 e. The predicted octanol–water partition coefficient (Wildman–Crippen LogP) is 4.23. The van der Waals surface area contributed by atoms with Gasteiger partial charge in [0, 0.05) is 13.6 Å². The van der Waals surface area contributed by atoms with Crippen molar-refractivity contribution in [2.24, 2.45) is 0 Å². The van der Waals surface area contributed by atoms with Gasteiger partial charge in [0.2, 0.25) is 4.47 Å². The van der Waals surface area contributed by atoms with E-state index in [1.807, 2.05) is 18.2 Å². The van der Waals surface area contributed by atoms with Crippen molar-refractivity contribution in [1.29, 1.82) is 0 Å². The van der Waals surface area contributed by atoms with Crippen LogP contribution in [0.1, 0.15) is 0 Å². The van der Waals surface area contributed by atoms with Crippen molar-refractivity contribution in [1.82, 2.24) is 10.2 Å². The summed E-state index contributed by atoms with van der Waals surface area (Å²) in [6, 6.07) is 6.06. The van der Waals surface area contributed by atoms with Crippen molar-refractivity contribution in [3.8, 4) is 10.6 Å².